The summed E-state index contributed by atoms with van der Waals surface area (Å²) in [6.45, 7) is 3.60. The number of aromatic nitrogens is 3. The van der Waals surface area contributed by atoms with Crippen molar-refractivity contribution in [1.29, 1.82) is 0 Å². The summed E-state index contributed by atoms with van der Waals surface area (Å²) in [6, 6.07) is -0.519. The first-order valence-corrected chi connectivity index (χ1v) is 6.82. The van der Waals surface area contributed by atoms with Gasteiger partial charge in [-0.2, -0.15) is 0 Å². The van der Waals surface area contributed by atoms with Gasteiger partial charge in [-0.3, -0.25) is 14.7 Å². The Bertz CT molecular complexity index is 486. The fourth-order valence-corrected chi connectivity index (χ4v) is 2.22. The van der Waals surface area contributed by atoms with Gasteiger partial charge in [-0.25, -0.2) is 4.98 Å². The monoisotopic (exact) mass is 280 g/mol. The molecule has 8 heteroatoms. The van der Waals surface area contributed by atoms with E-state index < -0.39 is 6.04 Å². The van der Waals surface area contributed by atoms with Crippen molar-refractivity contribution in [1.82, 2.24) is 30.7 Å². The largest absolute Gasteiger partial charge is 0.357 e. The molecular formula is C12H20N6O2. The Labute approximate surface area is 117 Å². The Kier molecular flexibility index (Phi) is 4.67. The van der Waals surface area contributed by atoms with Crippen LogP contribution in [0.3, 0.4) is 0 Å². The predicted molar refractivity (Wildman–Crippen MR) is 72.1 cm³/mol. The molecule has 2 amide bonds. The van der Waals surface area contributed by atoms with E-state index in [4.69, 9.17) is 0 Å². The van der Waals surface area contributed by atoms with Crippen LogP contribution in [0.2, 0.25) is 0 Å². The molecule has 0 bridgehead atoms. The molecule has 1 aromatic rings. The van der Waals surface area contributed by atoms with Crippen molar-refractivity contribution in [2.24, 2.45) is 0 Å². The molecule has 8 nitrogen and oxygen atoms in total. The second-order valence-electron chi connectivity index (χ2n) is 4.69. The molecule has 3 N–H and O–H groups in total. The number of piperazine rings is 1. The number of hydrogen-bond acceptors (Lipinski definition) is 5. The lowest BCUT2D eigenvalue weighted by Gasteiger charge is -2.34. The van der Waals surface area contributed by atoms with Gasteiger partial charge in [0.05, 0.1) is 0 Å². The van der Waals surface area contributed by atoms with Crippen molar-refractivity contribution in [2.45, 2.75) is 25.8 Å². The van der Waals surface area contributed by atoms with Gasteiger partial charge in [0.1, 0.15) is 11.9 Å². The quantitative estimate of drug-likeness (QED) is 0.651. The topological polar surface area (TPSA) is 103 Å². The molecule has 1 saturated heterocycles. The maximum atomic E-state index is 12.4. The average Bonchev–Trinajstić information content (AvgIpc) is 2.94. The summed E-state index contributed by atoms with van der Waals surface area (Å²) >= 11 is 0. The maximum absolute atomic E-state index is 12.4. The van der Waals surface area contributed by atoms with Crippen LogP contribution in [0.5, 0.6) is 0 Å². The summed E-state index contributed by atoms with van der Waals surface area (Å²) < 4.78 is 0. The fourth-order valence-electron chi connectivity index (χ4n) is 2.22. The molecule has 0 spiro atoms. The number of likely N-dealkylation sites (N-methyl/N-ethyl adjacent to an activating group) is 1. The summed E-state index contributed by atoms with van der Waals surface area (Å²) in [6.07, 6.45) is 1.68. The van der Waals surface area contributed by atoms with Crippen molar-refractivity contribution in [3.8, 4) is 0 Å². The summed E-state index contributed by atoms with van der Waals surface area (Å²) in [4.78, 5) is 30.0. The highest BCUT2D eigenvalue weighted by Crippen LogP contribution is 2.08. The van der Waals surface area contributed by atoms with E-state index in [1.807, 2.05) is 6.92 Å². The molecule has 2 rings (SSSR count). The molecule has 2 heterocycles. The molecule has 1 atom stereocenters. The van der Waals surface area contributed by atoms with Crippen molar-refractivity contribution in [3.05, 3.63) is 11.6 Å². The number of carbonyl (C=O) groups excluding carboxylic acids is 2. The third-order valence-corrected chi connectivity index (χ3v) is 3.26. The predicted octanol–water partition coefficient (Wildman–Crippen LogP) is -1.08. The minimum Gasteiger partial charge on any atom is -0.357 e. The maximum Gasteiger partial charge on any atom is 0.294 e. The first kappa shape index (κ1) is 14.4. The first-order chi connectivity index (χ1) is 9.67. The molecule has 20 heavy (non-hydrogen) atoms. The van der Waals surface area contributed by atoms with E-state index in [1.54, 1.807) is 7.05 Å². The van der Waals surface area contributed by atoms with Crippen molar-refractivity contribution in [3.63, 3.8) is 0 Å². The minimum absolute atomic E-state index is 0.129. The van der Waals surface area contributed by atoms with Crippen molar-refractivity contribution >= 4 is 11.8 Å². The summed E-state index contributed by atoms with van der Waals surface area (Å²) in [5.74, 6) is 0.334. The molecular weight excluding hydrogens is 260 g/mol. The summed E-state index contributed by atoms with van der Waals surface area (Å²) in [5.41, 5.74) is 0. The van der Waals surface area contributed by atoms with Gasteiger partial charge in [0.25, 0.3) is 5.91 Å². The molecule has 0 aliphatic carbocycles. The number of nitrogens with zero attached hydrogens (tertiary/aromatic N) is 3. The lowest BCUT2D eigenvalue weighted by molar-refractivity contribution is -0.125. The van der Waals surface area contributed by atoms with E-state index in [0.717, 1.165) is 12.8 Å². The normalized spacial score (nSPS) is 18.9. The van der Waals surface area contributed by atoms with Crippen LogP contribution in [-0.4, -0.2) is 64.6 Å². The van der Waals surface area contributed by atoms with Gasteiger partial charge < -0.3 is 15.5 Å². The zero-order chi connectivity index (χ0) is 14.5. The zero-order valence-electron chi connectivity index (χ0n) is 11.8. The molecule has 1 unspecified atom stereocenters. The van der Waals surface area contributed by atoms with Crippen LogP contribution in [0.25, 0.3) is 0 Å². The first-order valence-electron chi connectivity index (χ1n) is 6.82. The number of amides is 2. The summed E-state index contributed by atoms with van der Waals surface area (Å²) in [5, 5.41) is 12.4. The standard InChI is InChI=1S/C12H20N6O2/c1-3-4-9-15-10(17-16-9)12(20)18-6-5-14-7-8(18)11(19)13-2/h8,14H,3-7H2,1-2H3,(H,13,19)(H,15,16,17). The van der Waals surface area contributed by atoms with Gasteiger partial charge in [-0.15, -0.1) is 5.10 Å². The number of carbonyl (C=O) groups is 2. The third kappa shape index (κ3) is 2.96. The van der Waals surface area contributed by atoms with E-state index in [0.29, 0.717) is 25.5 Å². The van der Waals surface area contributed by atoms with Crippen LogP contribution in [-0.2, 0) is 11.2 Å². The Balaban J connectivity index is 2.14. The molecule has 0 radical (unpaired) electrons. The van der Waals surface area contributed by atoms with E-state index in [9.17, 15) is 9.59 Å². The van der Waals surface area contributed by atoms with Crippen LogP contribution < -0.4 is 10.6 Å². The van der Waals surface area contributed by atoms with E-state index in [-0.39, 0.29) is 17.6 Å². The van der Waals surface area contributed by atoms with Gasteiger partial charge in [0.15, 0.2) is 0 Å². The Morgan fingerprint density at radius 3 is 3.00 bits per heavy atom. The minimum atomic E-state index is -0.519. The molecule has 1 aliphatic rings. The highest BCUT2D eigenvalue weighted by Gasteiger charge is 2.33. The van der Waals surface area contributed by atoms with Crippen molar-refractivity contribution in [2.75, 3.05) is 26.7 Å². The number of rotatable bonds is 4. The lowest BCUT2D eigenvalue weighted by atomic mass is 10.1. The molecule has 1 aromatic heterocycles. The molecule has 110 valence electrons. The average molecular weight is 280 g/mol. The second kappa shape index (κ2) is 6.47. The van der Waals surface area contributed by atoms with Gasteiger partial charge >= 0.3 is 0 Å². The number of nitrogens with one attached hydrogen (secondary N) is 3. The van der Waals surface area contributed by atoms with Crippen molar-refractivity contribution < 1.29 is 9.59 Å². The van der Waals surface area contributed by atoms with Gasteiger partial charge in [-0.05, 0) is 6.42 Å². The highest BCUT2D eigenvalue weighted by atomic mass is 16.2. The number of hydrogen-bond donors (Lipinski definition) is 3. The molecule has 1 aliphatic heterocycles. The van der Waals surface area contributed by atoms with Crippen LogP contribution in [0, 0.1) is 0 Å². The molecule has 0 saturated carbocycles. The highest BCUT2D eigenvalue weighted by molar-refractivity contribution is 5.95. The Morgan fingerprint density at radius 1 is 1.50 bits per heavy atom. The number of aromatic amines is 1. The Morgan fingerprint density at radius 2 is 2.30 bits per heavy atom. The molecule has 1 fully saturated rings. The van der Waals surface area contributed by atoms with Gasteiger partial charge in [0, 0.05) is 33.1 Å². The lowest BCUT2D eigenvalue weighted by Crippen LogP contribution is -2.59. The van der Waals surface area contributed by atoms with Gasteiger partial charge in [-0.1, -0.05) is 6.92 Å². The van der Waals surface area contributed by atoms with E-state index in [2.05, 4.69) is 25.8 Å². The molecule has 0 aromatic carbocycles. The Hall–Kier alpha value is -1.96. The second-order valence-corrected chi connectivity index (χ2v) is 4.69. The third-order valence-electron chi connectivity index (χ3n) is 3.26. The van der Waals surface area contributed by atoms with Crippen LogP contribution in [0.4, 0.5) is 0 Å². The zero-order valence-corrected chi connectivity index (χ0v) is 11.8. The van der Waals surface area contributed by atoms with Crippen LogP contribution in [0.15, 0.2) is 0 Å². The van der Waals surface area contributed by atoms with Gasteiger partial charge in [0.2, 0.25) is 11.7 Å². The summed E-state index contributed by atoms with van der Waals surface area (Å²) in [7, 11) is 1.56. The number of H-pyrrole nitrogens is 1. The smallest absolute Gasteiger partial charge is 0.294 e. The van der Waals surface area contributed by atoms with E-state index in [1.165, 1.54) is 4.90 Å². The SMILES string of the molecule is CCCc1nc(C(=O)N2CCNCC2C(=O)NC)n[nH]1. The number of aryl methyl sites for hydroxylation is 1. The van der Waals surface area contributed by atoms with Crippen LogP contribution in [0.1, 0.15) is 29.8 Å². The van der Waals surface area contributed by atoms with Crippen LogP contribution >= 0.6 is 0 Å². The fraction of sp³-hybridized carbons (Fsp3) is 0.667. The van der Waals surface area contributed by atoms with E-state index >= 15 is 0 Å².